The first kappa shape index (κ1) is 94.2. The maximum atomic E-state index is 6.34. The molecule has 6 atom stereocenters. The van der Waals surface area contributed by atoms with Gasteiger partial charge in [-0.15, -0.1) is 0 Å². The highest BCUT2D eigenvalue weighted by Gasteiger charge is 2.58. The standard InChI is InChI=1S/C20H23N5O.C19H20BrN5O.C19H27N5O.C18H20N4O.C17H19N5O.C16H22N4O/c1-14-3-2-4-15(9-14)16-10-21-18(22-11-16)24-19-23-12-20(26-19)13-25-7-5-17(20)6-8-25;20-15-10-21-17(23-16(15)13-4-2-1-3-5-13)24-18-22-11-19(26-18)12-25-8-6-14(19)7-9-25;1-2-4-14(3-1)9-16-10-17(22-13-21-16)23-18-20-11-19(25-18)12-24-7-5-15(19)6-8-24;1-2-4-14-10-19-16(9-13(14)3-1)21-17-20-11-18(23-17)12-22-7-5-15(18)6-8-22;1-2-4-14-12(3-1)9-18-15(20-14)21-16-19-10-17(23-16)11-22-7-5-13(17)6-8-22;1-11-7-14(17-8-12(11)2)19-15-18-9-16(21-15)10-20-5-3-13(16)4-6-20/h2-4,9-11,17H,5-8,12-13H2,1H3,(H,21,22,23,24);1-5,10,14H,6-9,11-12H2,(H,21,22,23,24);10,13-15H,1-9,11-12H2,(H,20,21,22,23);1-4,9-10,15H,5-8,11-12H2,(H,19,20,21);1-4,9,13H,5-8,10-11H2,(H,18,19,20,21);7-8,13H,3-6,9-10H2,1-2H3,(H,17,18,19)/t20-;2*19-;18-;17-;16-/m000000/s1. The lowest BCUT2D eigenvalue weighted by atomic mass is 9.75. The monoisotopic (exact) mass is 2010 g/mol. The molecule has 18 saturated heterocycles. The summed E-state index contributed by atoms with van der Waals surface area (Å²) >= 11 is 3.54. The third kappa shape index (κ3) is 20.2. The van der Waals surface area contributed by atoms with Gasteiger partial charge < -0.3 is 28.4 Å². The van der Waals surface area contributed by atoms with Crippen molar-refractivity contribution in [3.63, 3.8) is 0 Å². The number of halogens is 1. The number of nitrogens with one attached hydrogen (secondary N) is 6. The molecule has 34 nitrogen and oxygen atoms in total. The van der Waals surface area contributed by atoms with Crippen LogP contribution in [0, 0.1) is 62.2 Å². The molecule has 30 heterocycles. The Labute approximate surface area is 849 Å². The molecule has 0 radical (unpaired) electrons. The summed E-state index contributed by atoms with van der Waals surface area (Å²) < 4.78 is 38.6. The molecule has 35 rings (SSSR count). The first-order valence-electron chi connectivity index (χ1n) is 52.6. The molecule has 0 amide bonds. The molecule has 35 heteroatoms. The van der Waals surface area contributed by atoms with Crippen LogP contribution in [0.3, 0.4) is 0 Å². The zero-order valence-electron chi connectivity index (χ0n) is 82.8. The van der Waals surface area contributed by atoms with Crippen LogP contribution < -0.4 is 31.9 Å². The average molecular weight is 2010 g/mol. The second kappa shape index (κ2) is 40.4. The molecular weight excluding hydrogens is 1880 g/mol. The van der Waals surface area contributed by atoms with Gasteiger partial charge in [0.2, 0.25) is 17.8 Å². The Morgan fingerprint density at radius 3 is 1.13 bits per heavy atom. The van der Waals surface area contributed by atoms with E-state index in [1.54, 1.807) is 12.5 Å². The van der Waals surface area contributed by atoms with Gasteiger partial charge in [-0.05, 0) is 245 Å². The molecule has 6 N–H and O–H groups in total. The van der Waals surface area contributed by atoms with Gasteiger partial charge in [-0.3, -0.25) is 61.3 Å². The van der Waals surface area contributed by atoms with Crippen molar-refractivity contribution in [1.29, 1.82) is 0 Å². The average Bonchev–Trinajstić information content (AvgIpc) is 1.56. The summed E-state index contributed by atoms with van der Waals surface area (Å²) in [7, 11) is 0. The summed E-state index contributed by atoms with van der Waals surface area (Å²) in [5.74, 6) is 8.54. The number of piperidine rings is 18. The molecule has 1 aliphatic carbocycles. The third-order valence-corrected chi connectivity index (χ3v) is 34.6. The lowest BCUT2D eigenvalue weighted by Gasteiger charge is -2.50. The largest absolute Gasteiger partial charge is 0.455 e. The molecule has 10 aromatic rings. The Balaban J connectivity index is 0.0000000931. The first-order chi connectivity index (χ1) is 70.5. The van der Waals surface area contributed by atoms with Gasteiger partial charge in [0.05, 0.1) is 55.0 Å². The summed E-state index contributed by atoms with van der Waals surface area (Å²) in [6, 6.07) is 44.3. The summed E-state index contributed by atoms with van der Waals surface area (Å²) in [4.78, 5) is 87.1. The van der Waals surface area contributed by atoms with Crippen LogP contribution in [0.5, 0.6) is 0 Å². The number of aliphatic imine (C=N–C) groups is 6. The number of anilines is 6. The van der Waals surface area contributed by atoms with Crippen molar-refractivity contribution in [2.75, 3.05) is 189 Å². The van der Waals surface area contributed by atoms with Crippen LogP contribution in [0.1, 0.15) is 125 Å². The number of fused-ring (bicyclic) bond motifs is 14. The van der Waals surface area contributed by atoms with E-state index in [0.717, 1.165) is 157 Å². The third-order valence-electron chi connectivity index (χ3n) is 34.0. The summed E-state index contributed by atoms with van der Waals surface area (Å²) in [5, 5.41) is 22.6. The predicted octanol–water partition coefficient (Wildman–Crippen LogP) is 14.7. The van der Waals surface area contributed by atoms with E-state index in [1.165, 1.54) is 203 Å². The van der Waals surface area contributed by atoms with Crippen molar-refractivity contribution in [2.45, 2.75) is 164 Å². The molecule has 6 aromatic heterocycles. The van der Waals surface area contributed by atoms with Crippen LogP contribution in [0.25, 0.3) is 44.1 Å². The van der Waals surface area contributed by atoms with Gasteiger partial charge in [0.1, 0.15) is 57.4 Å². The van der Waals surface area contributed by atoms with E-state index in [4.69, 9.17) is 28.4 Å². The summed E-state index contributed by atoms with van der Waals surface area (Å²) in [6.45, 7) is 31.2. The van der Waals surface area contributed by atoms with Gasteiger partial charge in [-0.25, -0.2) is 79.8 Å². The number of benzene rings is 4. The Bertz CT molecular complexity index is 6370. The smallest absolute Gasteiger partial charge is 0.292 e. The Morgan fingerprint density at radius 2 is 0.688 bits per heavy atom. The number of aryl methyl sites for hydroxylation is 3. The van der Waals surface area contributed by atoms with Crippen LogP contribution in [-0.4, -0.2) is 306 Å². The van der Waals surface area contributed by atoms with Crippen LogP contribution in [-0.2, 0) is 34.8 Å². The number of hydrogen-bond acceptors (Lipinski definition) is 34. The van der Waals surface area contributed by atoms with Crippen molar-refractivity contribution in [3.8, 4) is 22.4 Å². The van der Waals surface area contributed by atoms with Crippen molar-refractivity contribution >= 4 is 109 Å². The van der Waals surface area contributed by atoms with E-state index in [1.807, 2.05) is 116 Å². The van der Waals surface area contributed by atoms with Crippen LogP contribution >= 0.6 is 15.9 Å². The Kier molecular flexibility index (Phi) is 26.4. The molecular formula is C109H131BrN28O6. The topological polar surface area (TPSA) is 350 Å². The van der Waals surface area contributed by atoms with Gasteiger partial charge in [0.15, 0.2) is 0 Å². The van der Waals surface area contributed by atoms with E-state index in [0.29, 0.717) is 89.5 Å². The lowest BCUT2D eigenvalue weighted by Crippen LogP contribution is -2.61. The maximum absolute atomic E-state index is 6.34. The van der Waals surface area contributed by atoms with E-state index >= 15 is 0 Å². The van der Waals surface area contributed by atoms with Crippen molar-refractivity contribution in [1.82, 2.24) is 79.2 Å². The minimum absolute atomic E-state index is 0.0847. The Morgan fingerprint density at radius 1 is 0.312 bits per heavy atom. The van der Waals surface area contributed by atoms with Gasteiger partial charge in [0.25, 0.3) is 36.1 Å². The molecule has 144 heavy (non-hydrogen) atoms. The zero-order chi connectivity index (χ0) is 96.8. The number of rotatable bonds is 10. The van der Waals surface area contributed by atoms with Crippen molar-refractivity contribution < 1.29 is 28.4 Å². The van der Waals surface area contributed by atoms with E-state index in [-0.39, 0.29) is 33.6 Å². The molecule has 0 unspecified atom stereocenters. The Hall–Kier alpha value is -12.1. The fraction of sp³-hybridized carbons (Fsp3) is 0.523. The molecule has 12 bridgehead atoms. The number of pyridine rings is 2. The minimum atomic E-state index is -0.156. The fourth-order valence-corrected chi connectivity index (χ4v) is 26.3. The first-order valence-corrected chi connectivity index (χ1v) is 53.4. The summed E-state index contributed by atoms with van der Waals surface area (Å²) in [5.41, 5.74) is 8.99. The van der Waals surface area contributed by atoms with Gasteiger partial charge >= 0.3 is 0 Å². The molecule has 24 aliphatic heterocycles. The number of nitrogens with zero attached hydrogens (tertiary/aromatic N) is 22. The molecule has 25 aliphatic rings. The van der Waals surface area contributed by atoms with Gasteiger partial charge in [-0.1, -0.05) is 128 Å². The summed E-state index contributed by atoms with van der Waals surface area (Å²) in [6.07, 6.45) is 33.8. The van der Waals surface area contributed by atoms with E-state index in [9.17, 15) is 0 Å². The normalized spacial score (nSPS) is 31.8. The fourth-order valence-electron chi connectivity index (χ4n) is 25.9. The molecule has 4 aromatic carbocycles. The second-order valence-electron chi connectivity index (χ2n) is 43.3. The van der Waals surface area contributed by atoms with E-state index in [2.05, 4.69) is 214 Å². The molecule has 6 spiro atoms. The number of amidine groups is 6. The van der Waals surface area contributed by atoms with Crippen LogP contribution in [0.4, 0.5) is 35.3 Å². The number of para-hydroxylation sites is 1. The molecule has 1 saturated carbocycles. The second-order valence-corrected chi connectivity index (χ2v) is 44.1. The quantitative estimate of drug-likeness (QED) is 0.0740. The van der Waals surface area contributed by atoms with Gasteiger partial charge in [-0.2, -0.15) is 0 Å². The highest BCUT2D eigenvalue weighted by Crippen LogP contribution is 2.48. The number of ether oxygens (including phenoxy) is 6. The highest BCUT2D eigenvalue weighted by molar-refractivity contribution is 9.10. The number of aromatic nitrogens is 10. The SMILES string of the molecule is Brc1cnc(NC2=NC[C@@]3(CN4CCC3CC4)O2)nc1-c1ccccc1.Cc1cccc(-c2cnc(NC3=NC[C@@]4(CN5CCC4CC5)O3)nc2)c1.Cc1cnc(NC2=NC[C@@]3(CN4CCC3CC4)O2)cc1C.c1ccc2cc(NC3=NC[C@@]4(CN5CCC4CC5)O3)ncc2c1.c1ccc2nc(NC3=NC[C@@]4(CN5CCC4CC5)O3)ncc2c1.c1nc(CC2CCCC2)cc(NC2=NC[C@@]3(CN4CCC3CC4)O2)n1. The highest BCUT2D eigenvalue weighted by atomic mass is 79.9. The van der Waals surface area contributed by atoms with Crippen LogP contribution in [0.2, 0.25) is 0 Å². The van der Waals surface area contributed by atoms with Crippen molar-refractivity contribution in [2.24, 2.45) is 71.4 Å². The maximum Gasteiger partial charge on any atom is 0.292 e. The van der Waals surface area contributed by atoms with Crippen molar-refractivity contribution in [3.05, 3.63) is 192 Å². The minimum Gasteiger partial charge on any atom is -0.455 e. The molecule has 750 valence electrons. The van der Waals surface area contributed by atoms with Crippen LogP contribution in [0.15, 0.2) is 199 Å². The molecule has 19 fully saturated rings. The van der Waals surface area contributed by atoms with E-state index < -0.39 is 0 Å². The zero-order valence-corrected chi connectivity index (χ0v) is 84.4. The predicted molar refractivity (Wildman–Crippen MR) is 563 cm³/mol. The van der Waals surface area contributed by atoms with Gasteiger partial charge in [0, 0.05) is 146 Å². The lowest BCUT2D eigenvalue weighted by molar-refractivity contribution is -0.0830. The number of hydrogen-bond donors (Lipinski definition) is 6.